The summed E-state index contributed by atoms with van der Waals surface area (Å²) in [6.45, 7) is 0. The van der Waals surface area contributed by atoms with Gasteiger partial charge in [0, 0.05) is 5.92 Å². The van der Waals surface area contributed by atoms with Crippen LogP contribution in [0.25, 0.3) is 0 Å². The molecule has 1 saturated carbocycles. The average Bonchev–Trinajstić information content (AvgIpc) is 2.78. The summed E-state index contributed by atoms with van der Waals surface area (Å²) in [5.74, 6) is -4.60. The largest absolute Gasteiger partial charge is 0.369 e. The molecule has 1 aliphatic rings. The quantitative estimate of drug-likeness (QED) is 0.831. The van der Waals surface area contributed by atoms with Gasteiger partial charge in [0.25, 0.3) is 0 Å². The maximum atomic E-state index is 13.5. The van der Waals surface area contributed by atoms with Crippen LogP contribution in [-0.2, 0) is 11.2 Å². The second-order valence-electron chi connectivity index (χ2n) is 4.74. The van der Waals surface area contributed by atoms with Gasteiger partial charge in [-0.25, -0.2) is 13.2 Å². The Kier molecular flexibility index (Phi) is 3.59. The van der Waals surface area contributed by atoms with E-state index in [1.165, 1.54) is 6.07 Å². The van der Waals surface area contributed by atoms with Crippen molar-refractivity contribution in [1.82, 2.24) is 0 Å². The van der Waals surface area contributed by atoms with E-state index in [1.54, 1.807) is 0 Å². The van der Waals surface area contributed by atoms with E-state index in [9.17, 15) is 18.0 Å². The van der Waals surface area contributed by atoms with E-state index in [4.69, 9.17) is 5.73 Å². The number of nitrogens with two attached hydrogens (primary N) is 1. The van der Waals surface area contributed by atoms with Crippen LogP contribution in [0.4, 0.5) is 13.2 Å². The number of carbonyl (C=O) groups excluding carboxylic acids is 1. The van der Waals surface area contributed by atoms with Gasteiger partial charge in [-0.2, -0.15) is 0 Å². The van der Waals surface area contributed by atoms with Gasteiger partial charge in [-0.05, 0) is 36.8 Å². The summed E-state index contributed by atoms with van der Waals surface area (Å²) < 4.78 is 39.4. The fraction of sp³-hybridized carbons (Fsp3) is 0.462. The molecule has 18 heavy (non-hydrogen) atoms. The lowest BCUT2D eigenvalue weighted by Crippen LogP contribution is -2.27. The third-order valence-electron chi connectivity index (χ3n) is 3.62. The molecule has 0 aliphatic heterocycles. The topological polar surface area (TPSA) is 43.1 Å². The fourth-order valence-corrected chi connectivity index (χ4v) is 2.66. The highest BCUT2D eigenvalue weighted by Gasteiger charge is 2.32. The van der Waals surface area contributed by atoms with E-state index in [0.29, 0.717) is 6.42 Å². The van der Waals surface area contributed by atoms with Crippen molar-refractivity contribution in [2.45, 2.75) is 25.7 Å². The fourth-order valence-electron chi connectivity index (χ4n) is 2.66. The van der Waals surface area contributed by atoms with E-state index in [0.717, 1.165) is 18.9 Å². The number of primary amides is 1. The molecule has 2 unspecified atom stereocenters. The predicted octanol–water partition coefficient (Wildman–Crippen LogP) is 2.55. The molecule has 0 radical (unpaired) electrons. The van der Waals surface area contributed by atoms with E-state index in [-0.39, 0.29) is 23.8 Å². The normalized spacial score (nSPS) is 23.3. The Balaban J connectivity index is 2.19. The minimum atomic E-state index is -1.46. The van der Waals surface area contributed by atoms with Crippen LogP contribution in [0.5, 0.6) is 0 Å². The third kappa shape index (κ3) is 2.35. The van der Waals surface area contributed by atoms with Crippen LogP contribution < -0.4 is 5.73 Å². The van der Waals surface area contributed by atoms with E-state index < -0.39 is 23.4 Å². The van der Waals surface area contributed by atoms with Gasteiger partial charge < -0.3 is 5.73 Å². The van der Waals surface area contributed by atoms with Crippen molar-refractivity contribution >= 4 is 5.91 Å². The molecule has 0 heterocycles. The van der Waals surface area contributed by atoms with Crippen LogP contribution in [-0.4, -0.2) is 5.91 Å². The first-order valence-electron chi connectivity index (χ1n) is 5.92. The summed E-state index contributed by atoms with van der Waals surface area (Å²) in [6, 6.07) is 2.13. The Labute approximate surface area is 103 Å². The Morgan fingerprint density at radius 3 is 2.61 bits per heavy atom. The van der Waals surface area contributed by atoms with Crippen LogP contribution in [0.2, 0.25) is 0 Å². The van der Waals surface area contributed by atoms with Crippen molar-refractivity contribution in [3.63, 3.8) is 0 Å². The Morgan fingerprint density at radius 1 is 1.22 bits per heavy atom. The van der Waals surface area contributed by atoms with Crippen molar-refractivity contribution in [2.75, 3.05) is 0 Å². The van der Waals surface area contributed by atoms with Gasteiger partial charge in [-0.15, -0.1) is 0 Å². The van der Waals surface area contributed by atoms with Crippen LogP contribution in [0.3, 0.4) is 0 Å². The smallest absolute Gasteiger partial charge is 0.220 e. The molecular formula is C13H14F3NO. The summed E-state index contributed by atoms with van der Waals surface area (Å²) in [5.41, 5.74) is 5.37. The molecule has 0 bridgehead atoms. The highest BCUT2D eigenvalue weighted by molar-refractivity contribution is 5.77. The van der Waals surface area contributed by atoms with Gasteiger partial charge in [0.1, 0.15) is 0 Å². The molecule has 1 aromatic rings. The lowest BCUT2D eigenvalue weighted by Gasteiger charge is -2.17. The summed E-state index contributed by atoms with van der Waals surface area (Å²) in [5, 5.41) is 0. The number of rotatable bonds is 3. The SMILES string of the molecule is NC(=O)C1CCCC1Cc1ccc(F)c(F)c1F. The van der Waals surface area contributed by atoms with E-state index in [2.05, 4.69) is 0 Å². The molecule has 2 atom stereocenters. The molecule has 2 nitrogen and oxygen atoms in total. The van der Waals surface area contributed by atoms with Crippen LogP contribution in [0.15, 0.2) is 12.1 Å². The van der Waals surface area contributed by atoms with Crippen LogP contribution in [0.1, 0.15) is 24.8 Å². The molecular weight excluding hydrogens is 243 g/mol. The molecule has 98 valence electrons. The molecule has 5 heteroatoms. The van der Waals surface area contributed by atoms with Crippen LogP contribution >= 0.6 is 0 Å². The summed E-state index contributed by atoms with van der Waals surface area (Å²) in [7, 11) is 0. The first-order valence-corrected chi connectivity index (χ1v) is 5.92. The number of amides is 1. The zero-order valence-electron chi connectivity index (χ0n) is 9.76. The van der Waals surface area contributed by atoms with Gasteiger partial charge in [-0.3, -0.25) is 4.79 Å². The lowest BCUT2D eigenvalue weighted by atomic mass is 9.89. The second kappa shape index (κ2) is 5.00. The standard InChI is InChI=1S/C13H14F3NO/c14-10-5-4-8(11(15)12(10)16)6-7-2-1-3-9(7)13(17)18/h4-5,7,9H,1-3,6H2,(H2,17,18). The van der Waals surface area contributed by atoms with Crippen molar-refractivity contribution in [2.24, 2.45) is 17.6 Å². The van der Waals surface area contributed by atoms with Crippen molar-refractivity contribution in [1.29, 1.82) is 0 Å². The number of hydrogen-bond acceptors (Lipinski definition) is 1. The van der Waals surface area contributed by atoms with E-state index >= 15 is 0 Å². The maximum Gasteiger partial charge on any atom is 0.220 e. The molecule has 0 aromatic heterocycles. The number of halogens is 3. The number of benzene rings is 1. The van der Waals surface area contributed by atoms with Gasteiger partial charge in [0.05, 0.1) is 0 Å². The van der Waals surface area contributed by atoms with Crippen molar-refractivity contribution < 1.29 is 18.0 Å². The first kappa shape index (κ1) is 12.9. The summed E-state index contributed by atoms with van der Waals surface area (Å²) in [4.78, 5) is 11.2. The summed E-state index contributed by atoms with van der Waals surface area (Å²) in [6.07, 6.45) is 2.51. The molecule has 0 spiro atoms. The second-order valence-corrected chi connectivity index (χ2v) is 4.74. The van der Waals surface area contributed by atoms with Gasteiger partial charge in [-0.1, -0.05) is 12.5 Å². The molecule has 0 saturated heterocycles. The van der Waals surface area contributed by atoms with Crippen molar-refractivity contribution in [3.05, 3.63) is 35.1 Å². The molecule has 1 fully saturated rings. The molecule has 2 N–H and O–H groups in total. The molecule has 2 rings (SSSR count). The highest BCUT2D eigenvalue weighted by Crippen LogP contribution is 2.34. The van der Waals surface area contributed by atoms with Gasteiger partial charge in [0.15, 0.2) is 17.5 Å². The Bertz CT molecular complexity index is 476. The summed E-state index contributed by atoms with van der Waals surface area (Å²) >= 11 is 0. The number of hydrogen-bond donors (Lipinski definition) is 1. The van der Waals surface area contributed by atoms with Crippen molar-refractivity contribution in [3.8, 4) is 0 Å². The zero-order valence-corrected chi connectivity index (χ0v) is 9.76. The van der Waals surface area contributed by atoms with Gasteiger partial charge >= 0.3 is 0 Å². The van der Waals surface area contributed by atoms with Gasteiger partial charge in [0.2, 0.25) is 5.91 Å². The zero-order chi connectivity index (χ0) is 13.3. The molecule has 1 amide bonds. The number of carbonyl (C=O) groups is 1. The van der Waals surface area contributed by atoms with Crippen LogP contribution in [0, 0.1) is 29.3 Å². The minimum absolute atomic E-state index is 0.0816. The Morgan fingerprint density at radius 2 is 1.94 bits per heavy atom. The maximum absolute atomic E-state index is 13.5. The van der Waals surface area contributed by atoms with E-state index in [1.807, 2.05) is 0 Å². The lowest BCUT2D eigenvalue weighted by molar-refractivity contribution is -0.122. The highest BCUT2D eigenvalue weighted by atomic mass is 19.2. The minimum Gasteiger partial charge on any atom is -0.369 e. The predicted molar refractivity (Wildman–Crippen MR) is 60.0 cm³/mol. The monoisotopic (exact) mass is 257 g/mol. The first-order chi connectivity index (χ1) is 8.50. The third-order valence-corrected chi connectivity index (χ3v) is 3.62. The average molecular weight is 257 g/mol. The molecule has 1 aliphatic carbocycles. The molecule has 1 aromatic carbocycles. The Hall–Kier alpha value is -1.52.